The summed E-state index contributed by atoms with van der Waals surface area (Å²) in [6.07, 6.45) is 1.78. The molecule has 170 valence electrons. The molecule has 3 aromatic rings. The number of fused-ring (bicyclic) bond motifs is 1. The molecule has 0 N–H and O–H groups in total. The third-order valence-electron chi connectivity index (χ3n) is 5.53. The average Bonchev–Trinajstić information content (AvgIpc) is 3.46. The van der Waals surface area contributed by atoms with Crippen LogP contribution in [-0.4, -0.2) is 50.9 Å². The molecule has 7 nitrogen and oxygen atoms in total. The highest BCUT2D eigenvalue weighted by molar-refractivity contribution is 7.92. The van der Waals surface area contributed by atoms with Gasteiger partial charge in [0.2, 0.25) is 0 Å². The first kappa shape index (κ1) is 22.7. The van der Waals surface area contributed by atoms with Crippen LogP contribution >= 0.6 is 11.3 Å². The van der Waals surface area contributed by atoms with Crippen LogP contribution in [0.25, 0.3) is 10.2 Å². The molecular weight excluding hydrogens is 448 g/mol. The number of para-hydroxylation sites is 1. The Labute approximate surface area is 191 Å². The number of ether oxygens (including phenoxy) is 2. The summed E-state index contributed by atoms with van der Waals surface area (Å²) < 4.78 is 37.0. The van der Waals surface area contributed by atoms with E-state index in [2.05, 4.69) is 0 Å². The number of carbonyl (C=O) groups is 1. The predicted molar refractivity (Wildman–Crippen MR) is 126 cm³/mol. The van der Waals surface area contributed by atoms with Crippen molar-refractivity contribution in [2.45, 2.75) is 42.9 Å². The Morgan fingerprint density at radius 2 is 2.00 bits per heavy atom. The second kappa shape index (κ2) is 9.17. The summed E-state index contributed by atoms with van der Waals surface area (Å²) in [5.74, 6) is 0.407. The second-order valence-corrected chi connectivity index (χ2v) is 11.5. The lowest BCUT2D eigenvalue weighted by Gasteiger charge is -2.23. The zero-order valence-electron chi connectivity index (χ0n) is 18.3. The molecule has 1 amide bonds. The number of thiazole rings is 1. The lowest BCUT2D eigenvalue weighted by atomic mass is 10.2. The molecule has 0 spiro atoms. The molecule has 0 radical (unpaired) electrons. The van der Waals surface area contributed by atoms with Crippen molar-refractivity contribution in [2.24, 2.45) is 0 Å². The van der Waals surface area contributed by atoms with E-state index in [4.69, 9.17) is 14.5 Å². The fourth-order valence-corrected chi connectivity index (χ4v) is 5.70. The summed E-state index contributed by atoms with van der Waals surface area (Å²) in [6.45, 7) is 4.34. The molecule has 0 aliphatic carbocycles. The molecule has 1 unspecified atom stereocenters. The molecule has 0 saturated carbocycles. The number of sulfone groups is 1. The van der Waals surface area contributed by atoms with Gasteiger partial charge in [0.1, 0.15) is 11.3 Å². The molecular formula is C23H26N2O5S2. The van der Waals surface area contributed by atoms with Crippen LogP contribution in [0.15, 0.2) is 47.4 Å². The minimum Gasteiger partial charge on any atom is -0.494 e. The number of amides is 1. The summed E-state index contributed by atoms with van der Waals surface area (Å²) in [6, 6.07) is 11.8. The van der Waals surface area contributed by atoms with Gasteiger partial charge in [-0.15, -0.1) is 0 Å². The number of nitrogens with zero attached hydrogens (tertiary/aromatic N) is 2. The van der Waals surface area contributed by atoms with E-state index >= 15 is 0 Å². The molecule has 1 atom stereocenters. The highest BCUT2D eigenvalue weighted by atomic mass is 32.2. The summed E-state index contributed by atoms with van der Waals surface area (Å²) in [5, 5.41) is 0.0293. The smallest absolute Gasteiger partial charge is 0.260 e. The van der Waals surface area contributed by atoms with Crippen molar-refractivity contribution in [2.75, 3.05) is 25.2 Å². The van der Waals surface area contributed by atoms with Crippen molar-refractivity contribution in [3.8, 4) is 5.75 Å². The highest BCUT2D eigenvalue weighted by Gasteiger charge is 2.28. The first-order valence-corrected chi connectivity index (χ1v) is 12.9. The predicted octanol–water partition coefficient (Wildman–Crippen LogP) is 4.31. The fourth-order valence-electron chi connectivity index (χ4n) is 3.65. The minimum absolute atomic E-state index is 0.0616. The zero-order chi connectivity index (χ0) is 22.9. The van der Waals surface area contributed by atoms with Gasteiger partial charge in [0.25, 0.3) is 5.91 Å². The molecule has 2 aromatic carbocycles. The van der Waals surface area contributed by atoms with E-state index in [0.717, 1.165) is 17.5 Å². The number of rotatable bonds is 7. The van der Waals surface area contributed by atoms with Crippen molar-refractivity contribution < 1.29 is 22.7 Å². The number of anilines is 1. The van der Waals surface area contributed by atoms with Crippen LogP contribution < -0.4 is 9.64 Å². The normalized spacial score (nSPS) is 16.6. The number of hydrogen-bond acceptors (Lipinski definition) is 7. The Kier molecular flexibility index (Phi) is 6.50. The number of methoxy groups -OCH3 is 1. The van der Waals surface area contributed by atoms with Crippen LogP contribution in [0.1, 0.15) is 37.0 Å². The molecule has 1 aliphatic heterocycles. The number of hydrogen-bond donors (Lipinski definition) is 0. The van der Waals surface area contributed by atoms with Crippen molar-refractivity contribution in [3.63, 3.8) is 0 Å². The Balaban J connectivity index is 1.70. The molecule has 1 fully saturated rings. The van der Waals surface area contributed by atoms with Crippen LogP contribution in [0.4, 0.5) is 5.13 Å². The monoisotopic (exact) mass is 474 g/mol. The lowest BCUT2D eigenvalue weighted by molar-refractivity contribution is 0.0917. The largest absolute Gasteiger partial charge is 0.494 e. The maximum absolute atomic E-state index is 13.5. The van der Waals surface area contributed by atoms with Gasteiger partial charge in [0, 0.05) is 12.2 Å². The second-order valence-electron chi connectivity index (χ2n) is 7.97. The van der Waals surface area contributed by atoms with Crippen LogP contribution in [0.3, 0.4) is 0 Å². The molecule has 1 saturated heterocycles. The maximum Gasteiger partial charge on any atom is 0.260 e. The van der Waals surface area contributed by atoms with Gasteiger partial charge in [0.15, 0.2) is 15.0 Å². The van der Waals surface area contributed by atoms with E-state index in [1.54, 1.807) is 38.0 Å². The van der Waals surface area contributed by atoms with Gasteiger partial charge in [-0.25, -0.2) is 13.4 Å². The number of carbonyl (C=O) groups excluding carboxylic acids is 1. The van der Waals surface area contributed by atoms with Gasteiger partial charge >= 0.3 is 0 Å². The number of aromatic nitrogens is 1. The first-order valence-electron chi connectivity index (χ1n) is 10.5. The Morgan fingerprint density at radius 1 is 1.25 bits per heavy atom. The van der Waals surface area contributed by atoms with Crippen LogP contribution in [-0.2, 0) is 14.6 Å². The van der Waals surface area contributed by atoms with Gasteiger partial charge in [0.05, 0.1) is 34.6 Å². The van der Waals surface area contributed by atoms with Crippen LogP contribution in [0.2, 0.25) is 0 Å². The van der Waals surface area contributed by atoms with Crippen molar-refractivity contribution in [1.29, 1.82) is 0 Å². The quantitative estimate of drug-likeness (QED) is 0.507. The average molecular weight is 475 g/mol. The summed E-state index contributed by atoms with van der Waals surface area (Å²) in [4.78, 5) is 20.1. The summed E-state index contributed by atoms with van der Waals surface area (Å²) in [5.41, 5.74) is 1.11. The molecule has 2 heterocycles. The standard InChI is InChI=1S/C23H26N2O5S2/c1-15(2)32(27,28)18-11-9-16(10-12-18)22(26)25(14-17-6-5-13-30-17)23-24-21-19(29-3)7-4-8-20(21)31-23/h4,7-12,15,17H,5-6,13-14H2,1-3H3. The Morgan fingerprint density at radius 3 is 2.62 bits per heavy atom. The molecule has 32 heavy (non-hydrogen) atoms. The third-order valence-corrected chi connectivity index (χ3v) is 8.74. The SMILES string of the molecule is COc1cccc2sc(N(CC3CCCO3)C(=O)c3ccc(S(=O)(=O)C(C)C)cc3)nc12. The van der Waals surface area contributed by atoms with E-state index in [9.17, 15) is 13.2 Å². The third kappa shape index (κ3) is 4.37. The van der Waals surface area contributed by atoms with E-state index in [0.29, 0.717) is 35.1 Å². The molecule has 9 heteroatoms. The van der Waals surface area contributed by atoms with Gasteiger partial charge in [-0.3, -0.25) is 9.69 Å². The zero-order valence-corrected chi connectivity index (χ0v) is 19.9. The lowest BCUT2D eigenvalue weighted by Crippen LogP contribution is -2.37. The molecule has 0 bridgehead atoms. The van der Waals surface area contributed by atoms with Gasteiger partial charge < -0.3 is 9.47 Å². The van der Waals surface area contributed by atoms with Crippen molar-refractivity contribution in [1.82, 2.24) is 4.98 Å². The molecule has 1 aromatic heterocycles. The first-order chi connectivity index (χ1) is 15.3. The maximum atomic E-state index is 13.5. The highest BCUT2D eigenvalue weighted by Crippen LogP contribution is 2.35. The van der Waals surface area contributed by atoms with Crippen molar-refractivity contribution >= 4 is 42.4 Å². The fraction of sp³-hybridized carbons (Fsp3) is 0.391. The van der Waals surface area contributed by atoms with Gasteiger partial charge in [-0.1, -0.05) is 17.4 Å². The van der Waals surface area contributed by atoms with E-state index in [-0.39, 0.29) is 16.9 Å². The van der Waals surface area contributed by atoms with Crippen molar-refractivity contribution in [3.05, 3.63) is 48.0 Å². The van der Waals surface area contributed by atoms with Gasteiger partial charge in [-0.05, 0) is 63.1 Å². The summed E-state index contributed by atoms with van der Waals surface area (Å²) in [7, 11) is -1.81. The van der Waals surface area contributed by atoms with Crippen LogP contribution in [0, 0.1) is 0 Å². The molecule has 1 aliphatic rings. The van der Waals surface area contributed by atoms with E-state index in [1.165, 1.54) is 23.5 Å². The summed E-state index contributed by atoms with van der Waals surface area (Å²) >= 11 is 1.42. The minimum atomic E-state index is -3.40. The Hall–Kier alpha value is -2.49. The molecule has 4 rings (SSSR count). The van der Waals surface area contributed by atoms with Crippen LogP contribution in [0.5, 0.6) is 5.75 Å². The number of benzene rings is 2. The van der Waals surface area contributed by atoms with E-state index in [1.807, 2.05) is 18.2 Å². The Bertz CT molecular complexity index is 1210. The topological polar surface area (TPSA) is 85.8 Å². The van der Waals surface area contributed by atoms with Gasteiger partial charge in [-0.2, -0.15) is 0 Å². The van der Waals surface area contributed by atoms with E-state index < -0.39 is 15.1 Å².